The lowest BCUT2D eigenvalue weighted by molar-refractivity contribution is -0.137. The molecule has 8 nitrogen and oxygen atoms in total. The van der Waals surface area contributed by atoms with Crippen LogP contribution in [0.25, 0.3) is 17.2 Å². The van der Waals surface area contributed by atoms with E-state index in [2.05, 4.69) is 20.3 Å². The highest BCUT2D eigenvalue weighted by atomic mass is 19.1. The quantitative estimate of drug-likeness (QED) is 0.454. The van der Waals surface area contributed by atoms with E-state index < -0.39 is 0 Å². The third-order valence-corrected chi connectivity index (χ3v) is 5.82. The van der Waals surface area contributed by atoms with Gasteiger partial charge < -0.3 is 15.0 Å². The third-order valence-electron chi connectivity index (χ3n) is 5.82. The molecule has 5 rings (SSSR count). The van der Waals surface area contributed by atoms with Crippen molar-refractivity contribution in [3.05, 3.63) is 78.5 Å². The average Bonchev–Trinajstić information content (AvgIpc) is 3.28. The molecule has 0 spiro atoms. The topological polar surface area (TPSA) is 84.6 Å². The Morgan fingerprint density at radius 3 is 2.91 bits per heavy atom. The molecular formula is C25H25FN6O2. The maximum absolute atomic E-state index is 13.7. The Hall–Kier alpha value is -3.85. The molecule has 0 saturated carbocycles. The number of nitrogens with one attached hydrogen (secondary N) is 1. The monoisotopic (exact) mass is 460 g/mol. The van der Waals surface area contributed by atoms with E-state index >= 15 is 0 Å². The number of nitrogens with zero attached hydrogens (tertiary/aromatic N) is 5. The van der Waals surface area contributed by atoms with Gasteiger partial charge in [0, 0.05) is 31.5 Å². The highest BCUT2D eigenvalue weighted by Crippen LogP contribution is 2.20. The van der Waals surface area contributed by atoms with Gasteiger partial charge in [-0.05, 0) is 36.6 Å². The molecular weight excluding hydrogens is 435 g/mol. The van der Waals surface area contributed by atoms with Crippen LogP contribution in [-0.4, -0.2) is 55.9 Å². The molecule has 174 valence electrons. The van der Waals surface area contributed by atoms with E-state index in [4.69, 9.17) is 4.74 Å². The number of aromatic nitrogens is 4. The lowest BCUT2D eigenvalue weighted by Crippen LogP contribution is -2.46. The molecule has 0 radical (unpaired) electrons. The van der Waals surface area contributed by atoms with Gasteiger partial charge in [-0.2, -0.15) is 0 Å². The van der Waals surface area contributed by atoms with Gasteiger partial charge >= 0.3 is 0 Å². The smallest absolute Gasteiger partial charge is 0.248 e. The summed E-state index contributed by atoms with van der Waals surface area (Å²) in [5.74, 6) is 0.719. The lowest BCUT2D eigenvalue weighted by Gasteiger charge is -2.33. The zero-order valence-corrected chi connectivity index (χ0v) is 18.6. The van der Waals surface area contributed by atoms with Crippen molar-refractivity contribution in [3.8, 4) is 11.5 Å². The molecule has 0 bridgehead atoms. The number of anilines is 1. The Morgan fingerprint density at radius 1 is 1.15 bits per heavy atom. The highest BCUT2D eigenvalue weighted by Gasteiger charge is 2.24. The van der Waals surface area contributed by atoms with E-state index in [1.54, 1.807) is 28.9 Å². The molecule has 9 heteroatoms. The number of ether oxygens (including phenoxy) is 1. The molecule has 34 heavy (non-hydrogen) atoms. The zero-order valence-electron chi connectivity index (χ0n) is 18.6. The number of fused-ring (bicyclic) bond motifs is 1. The van der Waals surface area contributed by atoms with Gasteiger partial charge in [0.15, 0.2) is 5.82 Å². The molecule has 1 aliphatic heterocycles. The number of halogens is 1. The summed E-state index contributed by atoms with van der Waals surface area (Å²) in [6.45, 7) is 1.77. The maximum Gasteiger partial charge on any atom is 0.248 e. The number of benzene rings is 1. The summed E-state index contributed by atoms with van der Waals surface area (Å²) in [5, 5.41) is 3.42. The van der Waals surface area contributed by atoms with Crippen LogP contribution in [0.4, 0.5) is 10.2 Å². The molecule has 4 heterocycles. The molecule has 1 N–H and O–H groups in total. The second-order valence-corrected chi connectivity index (χ2v) is 8.29. The van der Waals surface area contributed by atoms with E-state index in [0.29, 0.717) is 42.7 Å². The number of piperidine rings is 1. The van der Waals surface area contributed by atoms with Crippen molar-refractivity contribution in [2.45, 2.75) is 25.5 Å². The number of likely N-dealkylation sites (tertiary alicyclic amines) is 1. The molecule has 1 atom stereocenters. The van der Waals surface area contributed by atoms with Crippen LogP contribution in [0.3, 0.4) is 0 Å². The molecule has 1 unspecified atom stereocenters. The van der Waals surface area contributed by atoms with Crippen LogP contribution in [-0.2, 0) is 16.1 Å². The van der Waals surface area contributed by atoms with Gasteiger partial charge in [0.25, 0.3) is 0 Å². The Bertz CT molecular complexity index is 1280. The van der Waals surface area contributed by atoms with Crippen molar-refractivity contribution >= 4 is 17.4 Å². The molecule has 1 fully saturated rings. The molecule has 1 aliphatic rings. The van der Waals surface area contributed by atoms with Gasteiger partial charge in [-0.25, -0.2) is 19.3 Å². The molecule has 1 aromatic carbocycles. The summed E-state index contributed by atoms with van der Waals surface area (Å²) in [6, 6.07) is 14.6. The molecule has 4 aromatic rings. The van der Waals surface area contributed by atoms with Crippen LogP contribution in [0.15, 0.2) is 67.1 Å². The molecule has 0 aliphatic carbocycles. The number of imidazole rings is 1. The minimum atomic E-state index is -0.360. The van der Waals surface area contributed by atoms with E-state index in [9.17, 15) is 9.18 Å². The van der Waals surface area contributed by atoms with Crippen molar-refractivity contribution in [2.24, 2.45) is 0 Å². The van der Waals surface area contributed by atoms with Gasteiger partial charge in [-0.3, -0.25) is 9.20 Å². The minimum Gasteiger partial charge on any atom is -0.367 e. The van der Waals surface area contributed by atoms with Crippen LogP contribution in [0.1, 0.15) is 18.4 Å². The van der Waals surface area contributed by atoms with E-state index in [1.807, 2.05) is 35.2 Å². The minimum absolute atomic E-state index is 0.0152. The normalized spacial score (nSPS) is 16.0. The summed E-state index contributed by atoms with van der Waals surface area (Å²) in [7, 11) is 0. The lowest BCUT2D eigenvalue weighted by atomic mass is 10.1. The fraction of sp³-hybridized carbons (Fsp3) is 0.280. The number of hydrogen-bond donors (Lipinski definition) is 1. The van der Waals surface area contributed by atoms with Gasteiger partial charge in [-0.1, -0.05) is 30.3 Å². The maximum atomic E-state index is 13.7. The zero-order chi connectivity index (χ0) is 23.3. The third kappa shape index (κ3) is 5.04. The number of hydrogen-bond acceptors (Lipinski definition) is 6. The van der Waals surface area contributed by atoms with E-state index in [-0.39, 0.29) is 24.4 Å². The van der Waals surface area contributed by atoms with E-state index in [1.165, 1.54) is 12.3 Å². The first kappa shape index (κ1) is 22.0. The van der Waals surface area contributed by atoms with Crippen LogP contribution < -0.4 is 5.32 Å². The average molecular weight is 461 g/mol. The van der Waals surface area contributed by atoms with Crippen LogP contribution >= 0.6 is 0 Å². The predicted octanol–water partition coefficient (Wildman–Crippen LogP) is 3.55. The summed E-state index contributed by atoms with van der Waals surface area (Å²) >= 11 is 0. The van der Waals surface area contributed by atoms with Crippen molar-refractivity contribution in [3.63, 3.8) is 0 Å². The Balaban J connectivity index is 1.20. The number of pyridine rings is 1. The largest absolute Gasteiger partial charge is 0.367 e. The first-order valence-corrected chi connectivity index (χ1v) is 11.3. The molecule has 1 amide bonds. The van der Waals surface area contributed by atoms with Crippen LogP contribution in [0.2, 0.25) is 0 Å². The number of carbonyl (C=O) groups excluding carboxylic acids is 1. The van der Waals surface area contributed by atoms with Crippen molar-refractivity contribution in [2.75, 3.05) is 25.0 Å². The van der Waals surface area contributed by atoms with Crippen LogP contribution in [0, 0.1) is 5.82 Å². The first-order chi connectivity index (χ1) is 16.7. The predicted molar refractivity (Wildman–Crippen MR) is 125 cm³/mol. The summed E-state index contributed by atoms with van der Waals surface area (Å²) in [4.78, 5) is 27.7. The number of rotatable bonds is 7. The van der Waals surface area contributed by atoms with E-state index in [0.717, 1.165) is 18.4 Å². The van der Waals surface area contributed by atoms with Gasteiger partial charge in [0.2, 0.25) is 5.91 Å². The second kappa shape index (κ2) is 9.96. The Labute approximate surface area is 196 Å². The summed E-state index contributed by atoms with van der Waals surface area (Å²) in [5.41, 5.74) is 2.27. The highest BCUT2D eigenvalue weighted by molar-refractivity contribution is 5.77. The fourth-order valence-corrected chi connectivity index (χ4v) is 4.13. The van der Waals surface area contributed by atoms with Gasteiger partial charge in [-0.15, -0.1) is 0 Å². The van der Waals surface area contributed by atoms with Gasteiger partial charge in [0.1, 0.15) is 29.6 Å². The van der Waals surface area contributed by atoms with Crippen LogP contribution in [0.5, 0.6) is 0 Å². The molecule has 3 aromatic heterocycles. The Kier molecular flexibility index (Phi) is 6.44. The fourth-order valence-electron chi connectivity index (χ4n) is 4.13. The Morgan fingerprint density at radius 2 is 2.03 bits per heavy atom. The molecule has 1 saturated heterocycles. The summed E-state index contributed by atoms with van der Waals surface area (Å²) < 4.78 is 21.0. The van der Waals surface area contributed by atoms with Crippen molar-refractivity contribution in [1.29, 1.82) is 0 Å². The standard InChI is InChI=1S/C25H25FN6O2/c26-19-8-9-23-28-13-21(32(23)14-19)25-27-11-10-22(30-25)29-20-7-4-12-31(15-20)24(33)17-34-16-18-5-2-1-3-6-18/h1-3,5-6,8-11,13-14,20H,4,7,12,15-17H2,(H,27,29,30). The summed E-state index contributed by atoms with van der Waals surface area (Å²) in [6.07, 6.45) is 6.48. The van der Waals surface area contributed by atoms with Crippen molar-refractivity contribution < 1.29 is 13.9 Å². The SMILES string of the molecule is O=C(COCc1ccccc1)N1CCCC(Nc2ccnc(-c3cnc4ccc(F)cn34)n2)C1. The first-order valence-electron chi connectivity index (χ1n) is 11.3. The number of carbonyl (C=O) groups is 1. The van der Waals surface area contributed by atoms with Gasteiger partial charge in [0.05, 0.1) is 12.8 Å². The second-order valence-electron chi connectivity index (χ2n) is 8.29. The number of amides is 1. The van der Waals surface area contributed by atoms with Crippen molar-refractivity contribution in [1.82, 2.24) is 24.3 Å².